The summed E-state index contributed by atoms with van der Waals surface area (Å²) >= 11 is 8.17. The molecule has 0 spiro atoms. The van der Waals surface area contributed by atoms with Gasteiger partial charge in [0, 0.05) is 29.7 Å². The quantitative estimate of drug-likeness (QED) is 0.701. The van der Waals surface area contributed by atoms with Crippen LogP contribution >= 0.6 is 43.2 Å². The Balaban J connectivity index is 1.66. The van der Waals surface area contributed by atoms with Crippen LogP contribution in [0.25, 0.3) is 0 Å². The Hall–Kier alpha value is -1.18. The highest BCUT2D eigenvalue weighted by Gasteiger charge is 2.19. The molecule has 1 aromatic carbocycles. The number of benzene rings is 1. The first-order chi connectivity index (χ1) is 11.5. The summed E-state index contributed by atoms with van der Waals surface area (Å²) in [4.78, 5) is 26.7. The summed E-state index contributed by atoms with van der Waals surface area (Å²) in [6.45, 7) is 1.20. The molecule has 1 fully saturated rings. The van der Waals surface area contributed by atoms with Crippen molar-refractivity contribution in [3.05, 3.63) is 49.0 Å². The van der Waals surface area contributed by atoms with Gasteiger partial charge in [-0.25, -0.2) is 0 Å². The van der Waals surface area contributed by atoms with Crippen molar-refractivity contribution < 1.29 is 9.59 Å². The smallest absolute Gasteiger partial charge is 0.261 e. The van der Waals surface area contributed by atoms with E-state index >= 15 is 0 Å². The van der Waals surface area contributed by atoms with Gasteiger partial charge in [0.1, 0.15) is 0 Å². The van der Waals surface area contributed by atoms with Gasteiger partial charge >= 0.3 is 0 Å². The molecular formula is C17H16Br2N2O2S. The molecule has 1 aliphatic heterocycles. The zero-order valence-electron chi connectivity index (χ0n) is 12.9. The van der Waals surface area contributed by atoms with E-state index in [0.717, 1.165) is 38.9 Å². The van der Waals surface area contributed by atoms with Crippen molar-refractivity contribution >= 4 is 60.7 Å². The summed E-state index contributed by atoms with van der Waals surface area (Å²) in [5, 5.41) is 2.92. The maximum Gasteiger partial charge on any atom is 0.261 e. The Morgan fingerprint density at radius 2 is 2.08 bits per heavy atom. The molecule has 1 aromatic heterocycles. The topological polar surface area (TPSA) is 49.4 Å². The van der Waals surface area contributed by atoms with Gasteiger partial charge in [-0.1, -0.05) is 12.1 Å². The van der Waals surface area contributed by atoms with Gasteiger partial charge in [-0.3, -0.25) is 9.59 Å². The second kappa shape index (κ2) is 7.80. The predicted molar refractivity (Wildman–Crippen MR) is 104 cm³/mol. The van der Waals surface area contributed by atoms with Crippen molar-refractivity contribution in [1.82, 2.24) is 5.32 Å². The second-order valence-electron chi connectivity index (χ2n) is 5.59. The van der Waals surface area contributed by atoms with Crippen molar-refractivity contribution in [2.24, 2.45) is 0 Å². The summed E-state index contributed by atoms with van der Waals surface area (Å²) in [5.41, 5.74) is 1.89. The number of halogens is 2. The van der Waals surface area contributed by atoms with E-state index in [9.17, 15) is 9.59 Å². The van der Waals surface area contributed by atoms with Crippen LogP contribution in [0.5, 0.6) is 0 Å². The molecule has 2 aromatic rings. The van der Waals surface area contributed by atoms with Crippen molar-refractivity contribution in [3.63, 3.8) is 0 Å². The lowest BCUT2D eigenvalue weighted by Gasteiger charge is -2.27. The number of thiophene rings is 1. The van der Waals surface area contributed by atoms with Crippen LogP contribution in [0.3, 0.4) is 0 Å². The molecule has 2 amide bonds. The average molecular weight is 472 g/mol. The molecule has 2 heterocycles. The number of carbonyl (C=O) groups is 2. The maximum absolute atomic E-state index is 12.2. The number of nitrogens with one attached hydrogen (secondary N) is 1. The van der Waals surface area contributed by atoms with E-state index < -0.39 is 0 Å². The number of piperidine rings is 1. The van der Waals surface area contributed by atoms with E-state index in [0.29, 0.717) is 17.8 Å². The Morgan fingerprint density at radius 1 is 1.25 bits per heavy atom. The largest absolute Gasteiger partial charge is 0.347 e. The fourth-order valence-corrected chi connectivity index (χ4v) is 4.59. The molecule has 7 heteroatoms. The summed E-state index contributed by atoms with van der Waals surface area (Å²) < 4.78 is 1.78. The van der Waals surface area contributed by atoms with Crippen molar-refractivity contribution in [2.75, 3.05) is 11.4 Å². The SMILES string of the molecule is O=C(NCc1cccc(N2CCCCC2=O)c1)c1cc(Br)c(Br)s1. The molecule has 0 bridgehead atoms. The van der Waals surface area contributed by atoms with Crippen molar-refractivity contribution in [3.8, 4) is 0 Å². The number of anilines is 1. The highest BCUT2D eigenvalue weighted by molar-refractivity contribution is 9.13. The summed E-state index contributed by atoms with van der Waals surface area (Å²) in [6.07, 6.45) is 2.62. The molecular weight excluding hydrogens is 456 g/mol. The normalized spacial score (nSPS) is 14.8. The fraction of sp³-hybridized carbons (Fsp3) is 0.294. The van der Waals surface area contributed by atoms with E-state index in [-0.39, 0.29) is 11.8 Å². The molecule has 0 radical (unpaired) electrons. The predicted octanol–water partition coefficient (Wildman–Crippen LogP) is 4.72. The molecule has 1 aliphatic rings. The molecule has 0 saturated carbocycles. The standard InChI is InChI=1S/C17H16Br2N2O2S/c18-13-9-14(24-16(13)19)17(23)20-10-11-4-3-5-12(8-11)21-7-2-1-6-15(21)22/h3-5,8-9H,1-2,6-7,10H2,(H,20,23). The van der Waals surface area contributed by atoms with Crippen LogP contribution in [0, 0.1) is 0 Å². The van der Waals surface area contributed by atoms with Crippen LogP contribution < -0.4 is 10.2 Å². The Morgan fingerprint density at radius 3 is 2.79 bits per heavy atom. The van der Waals surface area contributed by atoms with Gasteiger partial charge in [0.2, 0.25) is 5.91 Å². The molecule has 126 valence electrons. The minimum absolute atomic E-state index is 0.106. The van der Waals surface area contributed by atoms with Crippen LogP contribution in [0.15, 0.2) is 38.6 Å². The van der Waals surface area contributed by atoms with Gasteiger partial charge < -0.3 is 10.2 Å². The number of hydrogen-bond donors (Lipinski definition) is 1. The van der Waals surface area contributed by atoms with Crippen LogP contribution in [0.2, 0.25) is 0 Å². The van der Waals surface area contributed by atoms with Crippen molar-refractivity contribution in [1.29, 1.82) is 0 Å². The van der Waals surface area contributed by atoms with Gasteiger partial charge in [-0.15, -0.1) is 11.3 Å². The van der Waals surface area contributed by atoms with Crippen LogP contribution in [0.4, 0.5) is 5.69 Å². The molecule has 1 saturated heterocycles. The number of amides is 2. The number of hydrogen-bond acceptors (Lipinski definition) is 3. The number of carbonyl (C=O) groups excluding carboxylic acids is 2. The third-order valence-electron chi connectivity index (χ3n) is 3.87. The lowest BCUT2D eigenvalue weighted by Crippen LogP contribution is -2.35. The van der Waals surface area contributed by atoms with Crippen LogP contribution in [-0.4, -0.2) is 18.4 Å². The molecule has 1 N–H and O–H groups in total. The Kier molecular flexibility index (Phi) is 5.73. The van der Waals surface area contributed by atoms with E-state index in [4.69, 9.17) is 0 Å². The average Bonchev–Trinajstić information content (AvgIpc) is 2.92. The van der Waals surface area contributed by atoms with Gasteiger partial charge in [-0.2, -0.15) is 0 Å². The number of rotatable bonds is 4. The molecule has 0 unspecified atom stereocenters. The first-order valence-electron chi connectivity index (χ1n) is 7.67. The molecule has 3 rings (SSSR count). The maximum atomic E-state index is 12.2. The fourth-order valence-electron chi connectivity index (χ4n) is 2.64. The minimum Gasteiger partial charge on any atom is -0.347 e. The van der Waals surface area contributed by atoms with Gasteiger partial charge in [0.25, 0.3) is 5.91 Å². The van der Waals surface area contributed by atoms with E-state index in [1.54, 1.807) is 6.07 Å². The summed E-state index contributed by atoms with van der Waals surface area (Å²) in [7, 11) is 0. The van der Waals surface area contributed by atoms with Gasteiger partial charge in [-0.05, 0) is 68.5 Å². The van der Waals surface area contributed by atoms with Crippen LogP contribution in [0.1, 0.15) is 34.5 Å². The zero-order chi connectivity index (χ0) is 17.1. The molecule has 24 heavy (non-hydrogen) atoms. The van der Waals surface area contributed by atoms with Crippen molar-refractivity contribution in [2.45, 2.75) is 25.8 Å². The molecule has 0 atom stereocenters. The Labute approximate surface area is 161 Å². The second-order valence-corrected chi connectivity index (χ2v) is 8.81. The van der Waals surface area contributed by atoms with E-state index in [1.807, 2.05) is 29.2 Å². The lowest BCUT2D eigenvalue weighted by atomic mass is 10.1. The van der Waals surface area contributed by atoms with E-state index in [2.05, 4.69) is 37.2 Å². The first kappa shape index (κ1) is 17.6. The minimum atomic E-state index is -0.106. The monoisotopic (exact) mass is 470 g/mol. The zero-order valence-corrected chi connectivity index (χ0v) is 16.8. The highest BCUT2D eigenvalue weighted by Crippen LogP contribution is 2.32. The third-order valence-corrected chi connectivity index (χ3v) is 7.12. The summed E-state index contributed by atoms with van der Waals surface area (Å²) in [6, 6.07) is 9.61. The van der Waals surface area contributed by atoms with Crippen LogP contribution in [-0.2, 0) is 11.3 Å². The lowest BCUT2D eigenvalue weighted by molar-refractivity contribution is -0.119. The number of nitrogens with zero attached hydrogens (tertiary/aromatic N) is 1. The first-order valence-corrected chi connectivity index (χ1v) is 10.1. The summed E-state index contributed by atoms with van der Waals surface area (Å²) in [5.74, 6) is 0.0709. The molecule has 0 aliphatic carbocycles. The third kappa shape index (κ3) is 4.07. The van der Waals surface area contributed by atoms with Gasteiger partial charge in [0.15, 0.2) is 0 Å². The molecule has 4 nitrogen and oxygen atoms in total. The Bertz CT molecular complexity index is 756. The highest BCUT2D eigenvalue weighted by atomic mass is 79.9. The van der Waals surface area contributed by atoms with Gasteiger partial charge in [0.05, 0.1) is 8.66 Å². The van der Waals surface area contributed by atoms with E-state index in [1.165, 1.54) is 11.3 Å².